The number of carbonyl (C=O) groups excluding carboxylic acids is 2. The van der Waals surface area contributed by atoms with E-state index in [9.17, 15) is 9.59 Å². The molecule has 2 heterocycles. The van der Waals surface area contributed by atoms with Gasteiger partial charge >= 0.3 is 0 Å². The molecule has 0 bridgehead atoms. The maximum Gasteiger partial charge on any atom is 0.254 e. The van der Waals surface area contributed by atoms with Gasteiger partial charge in [-0.2, -0.15) is 0 Å². The Morgan fingerprint density at radius 3 is 2.62 bits per heavy atom. The van der Waals surface area contributed by atoms with Crippen molar-refractivity contribution in [3.8, 4) is 0 Å². The summed E-state index contributed by atoms with van der Waals surface area (Å²) < 4.78 is 0. The molecule has 6 heteroatoms. The minimum absolute atomic E-state index is 0.133. The summed E-state index contributed by atoms with van der Waals surface area (Å²) in [6, 6.07) is 3.33. The van der Waals surface area contributed by atoms with Gasteiger partial charge in [-0.1, -0.05) is 25.4 Å². The second-order valence-electron chi connectivity index (χ2n) is 6.16. The van der Waals surface area contributed by atoms with E-state index >= 15 is 0 Å². The highest BCUT2D eigenvalue weighted by Gasteiger charge is 2.40. The van der Waals surface area contributed by atoms with Crippen LogP contribution in [0.2, 0.25) is 5.15 Å². The van der Waals surface area contributed by atoms with Crippen molar-refractivity contribution in [3.05, 3.63) is 28.5 Å². The molecule has 0 aromatic carbocycles. The highest BCUT2D eigenvalue weighted by atomic mass is 35.5. The summed E-state index contributed by atoms with van der Waals surface area (Å²) in [4.78, 5) is 29.9. The molecule has 0 aliphatic carbocycles. The maximum atomic E-state index is 12.6. The van der Waals surface area contributed by atoms with Crippen molar-refractivity contribution < 1.29 is 9.59 Å². The summed E-state index contributed by atoms with van der Waals surface area (Å²) in [5.41, 5.74) is 6.05. The second-order valence-corrected chi connectivity index (χ2v) is 6.55. The van der Waals surface area contributed by atoms with Crippen molar-refractivity contribution in [2.75, 3.05) is 13.1 Å². The van der Waals surface area contributed by atoms with Crippen LogP contribution >= 0.6 is 11.6 Å². The number of likely N-dealkylation sites (tertiary alicyclic amines) is 1. The molecule has 2 N–H and O–H groups in total. The Hall–Kier alpha value is -1.62. The normalized spacial score (nSPS) is 21.9. The SMILES string of the molecule is CC(C)c1cc(C(=O)N2CCC(C)(C(N)=O)C2)cc(Cl)n1. The maximum absolute atomic E-state index is 12.6. The highest BCUT2D eigenvalue weighted by molar-refractivity contribution is 6.29. The molecule has 0 saturated carbocycles. The predicted octanol–water partition coefficient (Wildman–Crippen LogP) is 2.20. The van der Waals surface area contributed by atoms with Gasteiger partial charge in [0.05, 0.1) is 5.41 Å². The van der Waals surface area contributed by atoms with E-state index in [-0.39, 0.29) is 17.7 Å². The van der Waals surface area contributed by atoms with E-state index in [4.69, 9.17) is 17.3 Å². The molecule has 1 fully saturated rings. The van der Waals surface area contributed by atoms with Crippen molar-refractivity contribution in [1.82, 2.24) is 9.88 Å². The molecule has 21 heavy (non-hydrogen) atoms. The lowest BCUT2D eigenvalue weighted by atomic mass is 9.89. The fourth-order valence-electron chi connectivity index (χ4n) is 2.45. The Morgan fingerprint density at radius 1 is 1.43 bits per heavy atom. The van der Waals surface area contributed by atoms with Crippen LogP contribution in [-0.4, -0.2) is 34.8 Å². The standard InChI is InChI=1S/C15H20ClN3O2/c1-9(2)11-6-10(7-12(16)18-11)13(20)19-5-4-15(3,8-19)14(17)21/h6-7,9H,4-5,8H2,1-3H3,(H2,17,21). The Morgan fingerprint density at radius 2 is 2.10 bits per heavy atom. The number of aromatic nitrogens is 1. The van der Waals surface area contributed by atoms with E-state index in [1.54, 1.807) is 24.0 Å². The van der Waals surface area contributed by atoms with Gasteiger partial charge in [0, 0.05) is 24.3 Å². The van der Waals surface area contributed by atoms with E-state index in [1.165, 1.54) is 0 Å². The van der Waals surface area contributed by atoms with Gasteiger partial charge in [-0.3, -0.25) is 9.59 Å². The van der Waals surface area contributed by atoms with Crippen LogP contribution in [0, 0.1) is 5.41 Å². The fourth-order valence-corrected chi connectivity index (χ4v) is 2.67. The third-order valence-corrected chi connectivity index (χ3v) is 4.20. The fraction of sp³-hybridized carbons (Fsp3) is 0.533. The molecule has 1 saturated heterocycles. The van der Waals surface area contributed by atoms with E-state index in [2.05, 4.69) is 4.98 Å². The smallest absolute Gasteiger partial charge is 0.254 e. The van der Waals surface area contributed by atoms with Gasteiger partial charge in [0.2, 0.25) is 5.91 Å². The first-order valence-electron chi connectivity index (χ1n) is 6.99. The van der Waals surface area contributed by atoms with Crippen molar-refractivity contribution in [2.24, 2.45) is 11.1 Å². The lowest BCUT2D eigenvalue weighted by molar-refractivity contribution is -0.126. The lowest BCUT2D eigenvalue weighted by Gasteiger charge is -2.21. The predicted molar refractivity (Wildman–Crippen MR) is 81.2 cm³/mol. The van der Waals surface area contributed by atoms with E-state index in [0.717, 1.165) is 5.69 Å². The first-order valence-corrected chi connectivity index (χ1v) is 7.37. The molecular weight excluding hydrogens is 290 g/mol. The highest BCUT2D eigenvalue weighted by Crippen LogP contribution is 2.31. The van der Waals surface area contributed by atoms with Gasteiger partial charge in [0.15, 0.2) is 0 Å². The minimum atomic E-state index is -0.645. The molecule has 1 unspecified atom stereocenters. The second kappa shape index (κ2) is 5.64. The quantitative estimate of drug-likeness (QED) is 0.870. The number of carbonyl (C=O) groups is 2. The third kappa shape index (κ3) is 3.18. The summed E-state index contributed by atoms with van der Waals surface area (Å²) in [5, 5.41) is 0.307. The summed E-state index contributed by atoms with van der Waals surface area (Å²) >= 11 is 6.00. The third-order valence-electron chi connectivity index (χ3n) is 4.01. The number of rotatable bonds is 3. The molecule has 0 spiro atoms. The van der Waals surface area contributed by atoms with E-state index in [0.29, 0.717) is 30.2 Å². The lowest BCUT2D eigenvalue weighted by Crippen LogP contribution is -2.38. The number of nitrogens with zero attached hydrogens (tertiary/aromatic N) is 2. The summed E-state index contributed by atoms with van der Waals surface area (Å²) in [6.07, 6.45) is 0.587. The minimum Gasteiger partial charge on any atom is -0.369 e. The van der Waals surface area contributed by atoms with Gasteiger partial charge in [-0.25, -0.2) is 4.98 Å². The van der Waals surface area contributed by atoms with Gasteiger partial charge in [0.1, 0.15) is 5.15 Å². The number of pyridine rings is 1. The Kier molecular flexibility index (Phi) is 4.23. The molecule has 1 aromatic rings. The van der Waals surface area contributed by atoms with Crippen LogP contribution in [0.5, 0.6) is 0 Å². The number of hydrogen-bond acceptors (Lipinski definition) is 3. The topological polar surface area (TPSA) is 76.3 Å². The number of halogens is 1. The zero-order chi connectivity index (χ0) is 15.8. The van der Waals surface area contributed by atoms with Gasteiger partial charge in [-0.15, -0.1) is 0 Å². The van der Waals surface area contributed by atoms with Crippen molar-refractivity contribution in [3.63, 3.8) is 0 Å². The molecule has 114 valence electrons. The Labute approximate surface area is 129 Å². The van der Waals surface area contributed by atoms with Crippen LogP contribution in [0.4, 0.5) is 0 Å². The van der Waals surface area contributed by atoms with Crippen LogP contribution in [-0.2, 0) is 4.79 Å². The monoisotopic (exact) mass is 309 g/mol. The first kappa shape index (κ1) is 15.8. The molecule has 5 nitrogen and oxygen atoms in total. The van der Waals surface area contributed by atoms with Gasteiger partial charge < -0.3 is 10.6 Å². The Balaban J connectivity index is 2.24. The zero-order valence-corrected chi connectivity index (χ0v) is 13.3. The average Bonchev–Trinajstić information content (AvgIpc) is 2.81. The van der Waals surface area contributed by atoms with Crippen molar-refractivity contribution >= 4 is 23.4 Å². The van der Waals surface area contributed by atoms with Gasteiger partial charge in [0.25, 0.3) is 5.91 Å². The number of hydrogen-bond donors (Lipinski definition) is 1. The number of amides is 2. The van der Waals surface area contributed by atoms with Crippen LogP contribution in [0.15, 0.2) is 12.1 Å². The molecular formula is C15H20ClN3O2. The largest absolute Gasteiger partial charge is 0.369 e. The van der Waals surface area contributed by atoms with Crippen LogP contribution in [0.1, 0.15) is 49.2 Å². The molecule has 0 radical (unpaired) electrons. The molecule has 1 aliphatic rings. The van der Waals surface area contributed by atoms with Crippen LogP contribution in [0.3, 0.4) is 0 Å². The van der Waals surface area contributed by atoms with E-state index in [1.807, 2.05) is 13.8 Å². The number of nitrogens with two attached hydrogens (primary N) is 1. The summed E-state index contributed by atoms with van der Waals surface area (Å²) in [5.74, 6) is -0.315. The molecule has 1 aromatic heterocycles. The van der Waals surface area contributed by atoms with Crippen molar-refractivity contribution in [2.45, 2.75) is 33.1 Å². The summed E-state index contributed by atoms with van der Waals surface area (Å²) in [7, 11) is 0. The number of primary amides is 1. The van der Waals surface area contributed by atoms with Crippen molar-refractivity contribution in [1.29, 1.82) is 0 Å². The molecule has 1 aliphatic heterocycles. The molecule has 2 amide bonds. The first-order chi connectivity index (χ1) is 9.73. The zero-order valence-electron chi connectivity index (χ0n) is 12.5. The Bertz CT molecular complexity index is 588. The van der Waals surface area contributed by atoms with Crippen LogP contribution in [0.25, 0.3) is 0 Å². The average molecular weight is 310 g/mol. The van der Waals surface area contributed by atoms with Gasteiger partial charge in [-0.05, 0) is 31.4 Å². The van der Waals surface area contributed by atoms with E-state index < -0.39 is 5.41 Å². The molecule has 1 atom stereocenters. The van der Waals surface area contributed by atoms with Crippen LogP contribution < -0.4 is 5.73 Å². The summed E-state index contributed by atoms with van der Waals surface area (Å²) in [6.45, 7) is 6.65. The molecule has 2 rings (SSSR count).